The Kier molecular flexibility index (Phi) is 4.20. The zero-order valence-corrected chi connectivity index (χ0v) is 12.1. The number of hydrogen-bond acceptors (Lipinski definition) is 4. The third kappa shape index (κ3) is 3.34. The lowest BCUT2D eigenvalue weighted by Gasteiger charge is -2.07. The van der Waals surface area contributed by atoms with E-state index in [0.717, 1.165) is 42.4 Å². The fourth-order valence-corrected chi connectivity index (χ4v) is 2.25. The summed E-state index contributed by atoms with van der Waals surface area (Å²) in [7, 11) is 0. The van der Waals surface area contributed by atoms with Crippen molar-refractivity contribution in [2.75, 3.05) is 11.9 Å². The van der Waals surface area contributed by atoms with E-state index in [1.54, 1.807) is 0 Å². The second kappa shape index (κ2) is 5.87. The van der Waals surface area contributed by atoms with Crippen molar-refractivity contribution < 1.29 is 4.52 Å². The first-order valence-electron chi connectivity index (χ1n) is 6.73. The van der Waals surface area contributed by atoms with Crippen LogP contribution in [0.1, 0.15) is 35.2 Å². The van der Waals surface area contributed by atoms with Gasteiger partial charge in [0.2, 0.25) is 0 Å². The number of nitrogens with zero attached hydrogens (tertiary/aromatic N) is 2. The SMILES string of the molecule is CCNc1cc(C)cc(CCc2c(C)noc2C)n1. The van der Waals surface area contributed by atoms with Crippen LogP contribution in [0, 0.1) is 20.8 Å². The van der Waals surface area contributed by atoms with Gasteiger partial charge in [-0.2, -0.15) is 0 Å². The molecule has 2 aromatic rings. The number of hydrogen-bond donors (Lipinski definition) is 1. The molecule has 0 unspecified atom stereocenters. The number of anilines is 1. The average Bonchev–Trinajstić information content (AvgIpc) is 2.66. The van der Waals surface area contributed by atoms with E-state index in [1.807, 2.05) is 13.8 Å². The van der Waals surface area contributed by atoms with Gasteiger partial charge in [-0.3, -0.25) is 0 Å². The summed E-state index contributed by atoms with van der Waals surface area (Å²) in [5.74, 6) is 1.87. The molecule has 0 aromatic carbocycles. The van der Waals surface area contributed by atoms with Crippen molar-refractivity contribution in [3.8, 4) is 0 Å². The van der Waals surface area contributed by atoms with Gasteiger partial charge in [0.15, 0.2) is 0 Å². The molecule has 0 spiro atoms. The highest BCUT2D eigenvalue weighted by Gasteiger charge is 2.09. The number of nitrogens with one attached hydrogen (secondary N) is 1. The van der Waals surface area contributed by atoms with Crippen molar-refractivity contribution in [2.45, 2.75) is 40.5 Å². The minimum Gasteiger partial charge on any atom is -0.370 e. The van der Waals surface area contributed by atoms with Crippen LogP contribution in [0.15, 0.2) is 16.7 Å². The summed E-state index contributed by atoms with van der Waals surface area (Å²) >= 11 is 0. The summed E-state index contributed by atoms with van der Waals surface area (Å²) in [5.41, 5.74) is 4.53. The highest BCUT2D eigenvalue weighted by Crippen LogP contribution is 2.16. The van der Waals surface area contributed by atoms with Gasteiger partial charge in [0, 0.05) is 17.8 Å². The van der Waals surface area contributed by atoms with Gasteiger partial charge in [-0.05, 0) is 58.2 Å². The number of pyridine rings is 1. The molecule has 0 aliphatic carbocycles. The second-order valence-corrected chi connectivity index (χ2v) is 4.85. The van der Waals surface area contributed by atoms with E-state index in [4.69, 9.17) is 4.52 Å². The summed E-state index contributed by atoms with van der Waals surface area (Å²) in [6.07, 6.45) is 1.83. The van der Waals surface area contributed by atoms with Crippen molar-refractivity contribution in [3.63, 3.8) is 0 Å². The third-order valence-corrected chi connectivity index (χ3v) is 3.19. The standard InChI is InChI=1S/C15H21N3O/c1-5-16-15-9-10(2)8-13(17-15)6-7-14-11(3)18-19-12(14)4/h8-9H,5-7H2,1-4H3,(H,16,17). The molecule has 0 saturated carbocycles. The fraction of sp³-hybridized carbons (Fsp3) is 0.467. The Balaban J connectivity index is 2.11. The molecule has 4 heteroatoms. The van der Waals surface area contributed by atoms with Gasteiger partial charge in [-0.25, -0.2) is 4.98 Å². The van der Waals surface area contributed by atoms with Crippen LogP contribution in [0.25, 0.3) is 0 Å². The van der Waals surface area contributed by atoms with Gasteiger partial charge in [0.1, 0.15) is 11.6 Å². The zero-order chi connectivity index (χ0) is 13.8. The monoisotopic (exact) mass is 259 g/mol. The average molecular weight is 259 g/mol. The molecule has 2 heterocycles. The van der Waals surface area contributed by atoms with E-state index < -0.39 is 0 Å². The first-order chi connectivity index (χ1) is 9.10. The van der Waals surface area contributed by atoms with Gasteiger partial charge >= 0.3 is 0 Å². The van der Waals surface area contributed by atoms with Crippen LogP contribution < -0.4 is 5.32 Å². The molecule has 0 bridgehead atoms. The predicted octanol–water partition coefficient (Wildman–Crippen LogP) is 3.21. The molecule has 2 rings (SSSR count). The number of aromatic nitrogens is 2. The Bertz CT molecular complexity index is 541. The molecule has 2 aromatic heterocycles. The number of aryl methyl sites for hydroxylation is 4. The van der Waals surface area contributed by atoms with Crippen LogP contribution in [-0.2, 0) is 12.8 Å². The number of rotatable bonds is 5. The lowest BCUT2D eigenvalue weighted by molar-refractivity contribution is 0.392. The molecule has 19 heavy (non-hydrogen) atoms. The van der Waals surface area contributed by atoms with Gasteiger partial charge in [-0.15, -0.1) is 0 Å². The van der Waals surface area contributed by atoms with Crippen LogP contribution in [0.5, 0.6) is 0 Å². The summed E-state index contributed by atoms with van der Waals surface area (Å²) in [4.78, 5) is 4.62. The highest BCUT2D eigenvalue weighted by atomic mass is 16.5. The highest BCUT2D eigenvalue weighted by molar-refractivity contribution is 5.39. The molecule has 4 nitrogen and oxygen atoms in total. The quantitative estimate of drug-likeness (QED) is 0.895. The Morgan fingerprint density at radius 2 is 1.95 bits per heavy atom. The predicted molar refractivity (Wildman–Crippen MR) is 76.5 cm³/mol. The maximum absolute atomic E-state index is 5.19. The van der Waals surface area contributed by atoms with E-state index in [9.17, 15) is 0 Å². The Hall–Kier alpha value is -1.84. The van der Waals surface area contributed by atoms with Gasteiger partial charge < -0.3 is 9.84 Å². The van der Waals surface area contributed by atoms with Gasteiger partial charge in [0.05, 0.1) is 5.69 Å². The summed E-state index contributed by atoms with van der Waals surface area (Å²) in [6, 6.07) is 4.21. The van der Waals surface area contributed by atoms with Crippen molar-refractivity contribution >= 4 is 5.82 Å². The Morgan fingerprint density at radius 3 is 2.58 bits per heavy atom. The first-order valence-corrected chi connectivity index (χ1v) is 6.73. The van der Waals surface area contributed by atoms with E-state index in [-0.39, 0.29) is 0 Å². The topological polar surface area (TPSA) is 51.0 Å². The molecule has 1 N–H and O–H groups in total. The van der Waals surface area contributed by atoms with Crippen LogP contribution >= 0.6 is 0 Å². The largest absolute Gasteiger partial charge is 0.370 e. The zero-order valence-electron chi connectivity index (χ0n) is 12.1. The molecule has 0 fully saturated rings. The molecule has 0 saturated heterocycles. The Labute approximate surface area is 114 Å². The summed E-state index contributed by atoms with van der Waals surface area (Å²) in [5, 5.41) is 7.25. The molecule has 0 radical (unpaired) electrons. The Morgan fingerprint density at radius 1 is 1.16 bits per heavy atom. The van der Waals surface area contributed by atoms with E-state index in [1.165, 1.54) is 11.1 Å². The van der Waals surface area contributed by atoms with Gasteiger partial charge in [-0.1, -0.05) is 5.16 Å². The maximum Gasteiger partial charge on any atom is 0.137 e. The maximum atomic E-state index is 5.19. The summed E-state index contributed by atoms with van der Waals surface area (Å²) < 4.78 is 5.19. The lowest BCUT2D eigenvalue weighted by Crippen LogP contribution is -2.03. The minimum atomic E-state index is 0.889. The van der Waals surface area contributed by atoms with Crippen molar-refractivity contribution in [1.29, 1.82) is 0 Å². The normalized spacial score (nSPS) is 10.7. The molecule has 0 aliphatic rings. The third-order valence-electron chi connectivity index (χ3n) is 3.19. The molecular formula is C15H21N3O. The van der Waals surface area contributed by atoms with Crippen LogP contribution in [0.4, 0.5) is 5.82 Å². The van der Waals surface area contributed by atoms with Crippen molar-refractivity contribution in [3.05, 3.63) is 40.4 Å². The summed E-state index contributed by atoms with van der Waals surface area (Å²) in [6.45, 7) is 9.01. The van der Waals surface area contributed by atoms with Crippen LogP contribution in [0.3, 0.4) is 0 Å². The van der Waals surface area contributed by atoms with Crippen LogP contribution in [-0.4, -0.2) is 16.7 Å². The van der Waals surface area contributed by atoms with E-state index >= 15 is 0 Å². The molecule has 102 valence electrons. The van der Waals surface area contributed by atoms with Crippen molar-refractivity contribution in [2.24, 2.45) is 0 Å². The van der Waals surface area contributed by atoms with Crippen molar-refractivity contribution in [1.82, 2.24) is 10.1 Å². The molecular weight excluding hydrogens is 238 g/mol. The van der Waals surface area contributed by atoms with E-state index in [2.05, 4.69) is 41.4 Å². The van der Waals surface area contributed by atoms with E-state index in [0.29, 0.717) is 0 Å². The molecule has 0 atom stereocenters. The first kappa shape index (κ1) is 13.6. The molecule has 0 aliphatic heterocycles. The lowest BCUT2D eigenvalue weighted by atomic mass is 10.1. The molecule has 0 amide bonds. The second-order valence-electron chi connectivity index (χ2n) is 4.85. The minimum absolute atomic E-state index is 0.889. The smallest absolute Gasteiger partial charge is 0.137 e. The fourth-order valence-electron chi connectivity index (χ4n) is 2.25. The van der Waals surface area contributed by atoms with Crippen LogP contribution in [0.2, 0.25) is 0 Å². The van der Waals surface area contributed by atoms with Gasteiger partial charge in [0.25, 0.3) is 0 Å².